The second kappa shape index (κ2) is 8.11. The normalized spacial score (nSPS) is 15.2. The van der Waals surface area contributed by atoms with Crippen LogP contribution in [0, 0.1) is 0 Å². The molecular formula is C24H26N4O. The molecule has 29 heavy (non-hydrogen) atoms. The van der Waals surface area contributed by atoms with Gasteiger partial charge in [0.2, 0.25) is 5.95 Å². The molecular weight excluding hydrogens is 360 g/mol. The summed E-state index contributed by atoms with van der Waals surface area (Å²) in [4.78, 5) is 12.2. The first-order chi connectivity index (χ1) is 14.4. The number of para-hydroxylation sites is 2. The molecule has 1 aliphatic heterocycles. The number of hydrogen-bond acceptors (Lipinski definition) is 5. The van der Waals surface area contributed by atoms with E-state index in [1.54, 1.807) is 0 Å². The van der Waals surface area contributed by atoms with Crippen LogP contribution in [0.2, 0.25) is 0 Å². The summed E-state index contributed by atoms with van der Waals surface area (Å²) >= 11 is 0. The van der Waals surface area contributed by atoms with Gasteiger partial charge in [-0.25, -0.2) is 4.98 Å². The molecule has 148 valence electrons. The van der Waals surface area contributed by atoms with Crippen LogP contribution in [0.15, 0.2) is 54.6 Å². The Morgan fingerprint density at radius 1 is 0.931 bits per heavy atom. The lowest BCUT2D eigenvalue weighted by atomic mass is 9.96. The monoisotopic (exact) mass is 386 g/mol. The van der Waals surface area contributed by atoms with E-state index in [0.717, 1.165) is 55.6 Å². The molecule has 0 saturated heterocycles. The lowest BCUT2D eigenvalue weighted by Crippen LogP contribution is -2.31. The number of anilines is 3. The van der Waals surface area contributed by atoms with Crippen LogP contribution in [-0.2, 0) is 19.3 Å². The highest BCUT2D eigenvalue weighted by molar-refractivity contribution is 5.68. The summed E-state index contributed by atoms with van der Waals surface area (Å²) in [6, 6.07) is 18.7. The van der Waals surface area contributed by atoms with Crippen molar-refractivity contribution in [2.45, 2.75) is 32.1 Å². The van der Waals surface area contributed by atoms with Gasteiger partial charge in [-0.3, -0.25) is 0 Å². The van der Waals surface area contributed by atoms with Gasteiger partial charge in [-0.2, -0.15) is 4.98 Å². The van der Waals surface area contributed by atoms with Crippen molar-refractivity contribution in [3.63, 3.8) is 0 Å². The van der Waals surface area contributed by atoms with Crippen molar-refractivity contribution in [2.24, 2.45) is 0 Å². The maximum atomic E-state index is 5.82. The molecule has 0 radical (unpaired) electrons. The fourth-order valence-corrected chi connectivity index (χ4v) is 4.20. The van der Waals surface area contributed by atoms with Gasteiger partial charge >= 0.3 is 0 Å². The van der Waals surface area contributed by atoms with Crippen molar-refractivity contribution in [1.82, 2.24) is 9.97 Å². The van der Waals surface area contributed by atoms with Gasteiger partial charge in [0.1, 0.15) is 18.2 Å². The number of fused-ring (bicyclic) bond motifs is 2. The summed E-state index contributed by atoms with van der Waals surface area (Å²) in [6.45, 7) is 2.28. The Labute approximate surface area is 171 Å². The van der Waals surface area contributed by atoms with Crippen LogP contribution < -0.4 is 15.0 Å². The fourth-order valence-electron chi connectivity index (χ4n) is 4.20. The Kier molecular flexibility index (Phi) is 5.03. The van der Waals surface area contributed by atoms with Crippen molar-refractivity contribution in [3.05, 3.63) is 71.4 Å². The van der Waals surface area contributed by atoms with Crippen LogP contribution in [0.25, 0.3) is 0 Å². The Morgan fingerprint density at radius 2 is 1.76 bits per heavy atom. The average Bonchev–Trinajstić information content (AvgIpc) is 2.79. The zero-order valence-corrected chi connectivity index (χ0v) is 16.6. The maximum absolute atomic E-state index is 5.82. The van der Waals surface area contributed by atoms with E-state index >= 15 is 0 Å². The molecule has 0 atom stereocenters. The van der Waals surface area contributed by atoms with Gasteiger partial charge in [0.15, 0.2) is 0 Å². The molecule has 0 bridgehead atoms. The Morgan fingerprint density at radius 3 is 2.69 bits per heavy atom. The molecule has 0 fully saturated rings. The minimum absolute atomic E-state index is 0.647. The molecule has 0 spiro atoms. The first-order valence-electron chi connectivity index (χ1n) is 10.6. The number of nitrogens with one attached hydrogen (secondary N) is 1. The van der Waals surface area contributed by atoms with Gasteiger partial charge in [-0.1, -0.05) is 42.5 Å². The van der Waals surface area contributed by atoms with E-state index in [9.17, 15) is 0 Å². The standard InChI is InChI=1S/C24H26N4O/c1-2-8-18(9-3-1)14-15-25-23-19-10-4-5-11-20(19)26-24(27-23)28-16-17-29-22-13-7-6-12-21(22)28/h1-3,6-9,12-13H,4-5,10-11,14-17H2,(H,25,26,27). The van der Waals surface area contributed by atoms with E-state index in [4.69, 9.17) is 14.7 Å². The summed E-state index contributed by atoms with van der Waals surface area (Å²) in [6.07, 6.45) is 5.48. The van der Waals surface area contributed by atoms with Gasteiger partial charge < -0.3 is 15.0 Å². The summed E-state index contributed by atoms with van der Waals surface area (Å²) in [5, 5.41) is 3.62. The third-order valence-electron chi connectivity index (χ3n) is 5.69. The Hall–Kier alpha value is -3.08. The molecule has 0 saturated carbocycles. The second-order valence-electron chi connectivity index (χ2n) is 7.63. The predicted octanol–water partition coefficient (Wildman–Crippen LogP) is 4.54. The fraction of sp³-hybridized carbons (Fsp3) is 0.333. The second-order valence-corrected chi connectivity index (χ2v) is 7.63. The van der Waals surface area contributed by atoms with Crippen LogP contribution in [0.4, 0.5) is 17.5 Å². The molecule has 2 aromatic carbocycles. The van der Waals surface area contributed by atoms with Crippen LogP contribution >= 0.6 is 0 Å². The van der Waals surface area contributed by atoms with Crippen molar-refractivity contribution in [1.29, 1.82) is 0 Å². The number of aryl methyl sites for hydroxylation is 1. The number of nitrogens with zero attached hydrogens (tertiary/aromatic N) is 3. The molecule has 1 N–H and O–H groups in total. The van der Waals surface area contributed by atoms with E-state index in [0.29, 0.717) is 6.61 Å². The third-order valence-corrected chi connectivity index (χ3v) is 5.69. The zero-order valence-electron chi connectivity index (χ0n) is 16.6. The molecule has 0 amide bonds. The first kappa shape index (κ1) is 18.0. The van der Waals surface area contributed by atoms with Gasteiger partial charge in [0.25, 0.3) is 0 Å². The van der Waals surface area contributed by atoms with Gasteiger partial charge in [0.05, 0.1) is 17.9 Å². The van der Waals surface area contributed by atoms with Crippen molar-refractivity contribution < 1.29 is 4.74 Å². The smallest absolute Gasteiger partial charge is 0.232 e. The van der Waals surface area contributed by atoms with E-state index in [1.165, 1.54) is 29.7 Å². The third kappa shape index (κ3) is 3.77. The highest BCUT2D eigenvalue weighted by Gasteiger charge is 2.24. The highest BCUT2D eigenvalue weighted by atomic mass is 16.5. The highest BCUT2D eigenvalue weighted by Crippen LogP contribution is 2.36. The molecule has 5 nitrogen and oxygen atoms in total. The zero-order chi connectivity index (χ0) is 19.5. The molecule has 2 heterocycles. The summed E-state index contributed by atoms with van der Waals surface area (Å²) < 4.78 is 5.82. The summed E-state index contributed by atoms with van der Waals surface area (Å²) in [7, 11) is 0. The number of rotatable bonds is 5. The molecule has 1 aliphatic carbocycles. The SMILES string of the molecule is c1ccc(CCNc2nc(N3CCOc4ccccc43)nc3c2CCCC3)cc1. The largest absolute Gasteiger partial charge is 0.490 e. The molecule has 5 heteroatoms. The molecule has 3 aromatic rings. The van der Waals surface area contributed by atoms with E-state index < -0.39 is 0 Å². The minimum Gasteiger partial charge on any atom is -0.490 e. The van der Waals surface area contributed by atoms with Crippen LogP contribution in [0.1, 0.15) is 29.7 Å². The average molecular weight is 386 g/mol. The topological polar surface area (TPSA) is 50.3 Å². The van der Waals surface area contributed by atoms with E-state index in [2.05, 4.69) is 46.6 Å². The summed E-state index contributed by atoms with van der Waals surface area (Å²) in [5.74, 6) is 2.69. The quantitative estimate of drug-likeness (QED) is 0.698. The molecule has 5 rings (SSSR count). The van der Waals surface area contributed by atoms with E-state index in [-0.39, 0.29) is 0 Å². The van der Waals surface area contributed by atoms with Crippen LogP contribution in [0.5, 0.6) is 5.75 Å². The number of aromatic nitrogens is 2. The van der Waals surface area contributed by atoms with E-state index in [1.807, 2.05) is 18.2 Å². The van der Waals surface area contributed by atoms with Gasteiger partial charge in [-0.15, -0.1) is 0 Å². The lowest BCUT2D eigenvalue weighted by molar-refractivity contribution is 0.313. The first-order valence-corrected chi connectivity index (χ1v) is 10.6. The van der Waals surface area contributed by atoms with Crippen LogP contribution in [-0.4, -0.2) is 29.7 Å². The number of benzene rings is 2. The lowest BCUT2D eigenvalue weighted by Gasteiger charge is -2.31. The Balaban J connectivity index is 1.44. The van der Waals surface area contributed by atoms with Gasteiger partial charge in [-0.05, 0) is 49.8 Å². The van der Waals surface area contributed by atoms with Crippen molar-refractivity contribution in [2.75, 3.05) is 29.9 Å². The number of hydrogen-bond donors (Lipinski definition) is 1. The van der Waals surface area contributed by atoms with Crippen molar-refractivity contribution in [3.8, 4) is 5.75 Å². The minimum atomic E-state index is 0.647. The van der Waals surface area contributed by atoms with Crippen LogP contribution in [0.3, 0.4) is 0 Å². The predicted molar refractivity (Wildman–Crippen MR) is 116 cm³/mol. The summed E-state index contributed by atoms with van der Waals surface area (Å²) in [5.41, 5.74) is 4.89. The molecule has 0 unspecified atom stereocenters. The molecule has 1 aromatic heterocycles. The Bertz CT molecular complexity index is 989. The maximum Gasteiger partial charge on any atom is 0.232 e. The van der Waals surface area contributed by atoms with Gasteiger partial charge in [0, 0.05) is 12.1 Å². The van der Waals surface area contributed by atoms with Crippen molar-refractivity contribution >= 4 is 17.5 Å². The molecule has 2 aliphatic rings. The number of ether oxygens (including phenoxy) is 1.